The van der Waals surface area contributed by atoms with Crippen LogP contribution in [0.25, 0.3) is 0 Å². The fourth-order valence-electron chi connectivity index (χ4n) is 4.48. The Kier molecular flexibility index (Phi) is 7.07. The van der Waals surface area contributed by atoms with Gasteiger partial charge in [0.25, 0.3) is 0 Å². The molecule has 0 radical (unpaired) electrons. The number of aromatic carboxylic acids is 1. The second-order valence-corrected chi connectivity index (χ2v) is 8.29. The highest BCUT2D eigenvalue weighted by Crippen LogP contribution is 2.38. The van der Waals surface area contributed by atoms with Gasteiger partial charge in [-0.3, -0.25) is 0 Å². The van der Waals surface area contributed by atoms with Crippen molar-refractivity contribution >= 4 is 17.6 Å². The molecular formula is C26H30N4O3. The smallest absolute Gasteiger partial charge is 0.339 e. The lowest BCUT2D eigenvalue weighted by atomic mass is 10.0. The molecule has 1 aliphatic rings. The summed E-state index contributed by atoms with van der Waals surface area (Å²) in [5.74, 6) is 0.441. The maximum Gasteiger partial charge on any atom is 0.339 e. The number of methoxy groups -OCH3 is 1. The number of carbonyl (C=O) groups is 1. The number of benzene rings is 2. The summed E-state index contributed by atoms with van der Waals surface area (Å²) in [5.41, 5.74) is 3.00. The molecule has 2 aromatic carbocycles. The van der Waals surface area contributed by atoms with Gasteiger partial charge in [0.2, 0.25) is 5.95 Å². The highest BCUT2D eigenvalue weighted by molar-refractivity contribution is 5.88. The third-order valence-corrected chi connectivity index (χ3v) is 6.20. The number of aromatic nitrogens is 2. The first kappa shape index (κ1) is 22.6. The van der Waals surface area contributed by atoms with E-state index in [9.17, 15) is 9.90 Å². The number of anilines is 2. The van der Waals surface area contributed by atoms with Crippen LogP contribution in [0.15, 0.2) is 60.8 Å². The molecule has 0 aliphatic carbocycles. The first-order chi connectivity index (χ1) is 16.1. The normalized spacial score (nSPS) is 15.5. The highest BCUT2D eigenvalue weighted by atomic mass is 16.5. The van der Waals surface area contributed by atoms with Gasteiger partial charge in [-0.1, -0.05) is 36.4 Å². The molecule has 1 atom stereocenters. The molecule has 1 aliphatic heterocycles. The van der Waals surface area contributed by atoms with E-state index in [2.05, 4.69) is 33.0 Å². The van der Waals surface area contributed by atoms with Gasteiger partial charge in [-0.25, -0.2) is 14.8 Å². The van der Waals surface area contributed by atoms with Gasteiger partial charge in [-0.15, -0.1) is 0 Å². The molecule has 172 valence electrons. The average molecular weight is 447 g/mol. The molecule has 1 aromatic heterocycles. The predicted molar refractivity (Wildman–Crippen MR) is 129 cm³/mol. The van der Waals surface area contributed by atoms with Crippen molar-refractivity contribution in [3.63, 3.8) is 0 Å². The summed E-state index contributed by atoms with van der Waals surface area (Å²) in [7, 11) is 3.72. The summed E-state index contributed by atoms with van der Waals surface area (Å²) in [4.78, 5) is 25.4. The maximum atomic E-state index is 11.8. The largest absolute Gasteiger partial charge is 0.496 e. The Morgan fingerprint density at radius 3 is 2.70 bits per heavy atom. The number of carboxylic acids is 1. The molecular weight excluding hydrogens is 416 g/mol. The van der Waals surface area contributed by atoms with Crippen molar-refractivity contribution in [1.29, 1.82) is 0 Å². The third-order valence-electron chi connectivity index (χ3n) is 6.20. The van der Waals surface area contributed by atoms with Crippen LogP contribution in [0.2, 0.25) is 0 Å². The summed E-state index contributed by atoms with van der Waals surface area (Å²) >= 11 is 0. The van der Waals surface area contributed by atoms with Crippen molar-refractivity contribution in [2.45, 2.75) is 31.7 Å². The van der Waals surface area contributed by atoms with E-state index in [4.69, 9.17) is 9.72 Å². The van der Waals surface area contributed by atoms with Crippen LogP contribution in [0.5, 0.6) is 5.75 Å². The van der Waals surface area contributed by atoms with Crippen molar-refractivity contribution in [1.82, 2.24) is 9.97 Å². The van der Waals surface area contributed by atoms with Gasteiger partial charge in [0.15, 0.2) is 0 Å². The molecule has 2 heterocycles. The van der Waals surface area contributed by atoms with E-state index in [1.165, 1.54) is 6.20 Å². The Balaban J connectivity index is 1.53. The quantitative estimate of drug-likeness (QED) is 0.515. The van der Waals surface area contributed by atoms with E-state index in [1.807, 2.05) is 43.4 Å². The van der Waals surface area contributed by atoms with Gasteiger partial charge in [0.1, 0.15) is 5.75 Å². The van der Waals surface area contributed by atoms with Gasteiger partial charge in [0.05, 0.1) is 24.4 Å². The van der Waals surface area contributed by atoms with E-state index in [-0.39, 0.29) is 11.6 Å². The molecule has 0 saturated carbocycles. The highest BCUT2D eigenvalue weighted by Gasteiger charge is 2.30. The number of aryl methyl sites for hydroxylation is 1. The summed E-state index contributed by atoms with van der Waals surface area (Å²) in [6.45, 7) is 1.63. The molecule has 1 fully saturated rings. The summed E-state index contributed by atoms with van der Waals surface area (Å²) in [6.07, 6.45) is 4.81. The van der Waals surface area contributed by atoms with Crippen LogP contribution in [-0.4, -0.2) is 48.3 Å². The third kappa shape index (κ3) is 5.08. The fourth-order valence-corrected chi connectivity index (χ4v) is 4.48. The average Bonchev–Trinajstić information content (AvgIpc) is 3.34. The lowest BCUT2D eigenvalue weighted by Gasteiger charge is -2.27. The minimum absolute atomic E-state index is 0.105. The molecule has 7 heteroatoms. The standard InChI is InChI=1S/C26H30N4O3/c1-29(19-10-4-3-5-11-19)16-8-13-22-21(25(31)32)18-27-26(28-22)30-17-9-14-23(30)20-12-6-7-15-24(20)33-2/h3-7,10-12,15,18,23H,8-9,13-14,16-17H2,1-2H3,(H,31,32)/t23-/m0/s1. The van der Waals surface area contributed by atoms with Crippen LogP contribution in [-0.2, 0) is 6.42 Å². The molecule has 0 unspecified atom stereocenters. The van der Waals surface area contributed by atoms with Gasteiger partial charge in [0, 0.05) is 37.6 Å². The number of carboxylic acid groups (broad SMARTS) is 1. The van der Waals surface area contributed by atoms with Crippen LogP contribution >= 0.6 is 0 Å². The number of nitrogens with zero attached hydrogens (tertiary/aromatic N) is 4. The first-order valence-corrected chi connectivity index (χ1v) is 11.3. The fraction of sp³-hybridized carbons (Fsp3) is 0.346. The van der Waals surface area contributed by atoms with E-state index < -0.39 is 5.97 Å². The maximum absolute atomic E-state index is 11.8. The van der Waals surface area contributed by atoms with Crippen LogP contribution in [0.1, 0.15) is 46.9 Å². The molecule has 33 heavy (non-hydrogen) atoms. The Morgan fingerprint density at radius 1 is 1.18 bits per heavy atom. The molecule has 0 amide bonds. The predicted octanol–water partition coefficient (Wildman–Crippen LogP) is 4.59. The van der Waals surface area contributed by atoms with Gasteiger partial charge in [-0.05, 0) is 43.9 Å². The number of hydrogen-bond acceptors (Lipinski definition) is 6. The van der Waals surface area contributed by atoms with Crippen LogP contribution < -0.4 is 14.5 Å². The van der Waals surface area contributed by atoms with E-state index in [0.717, 1.165) is 49.4 Å². The zero-order valence-electron chi connectivity index (χ0n) is 19.1. The van der Waals surface area contributed by atoms with Crippen LogP contribution in [0.3, 0.4) is 0 Å². The molecule has 1 saturated heterocycles. The van der Waals surface area contributed by atoms with Gasteiger partial charge < -0.3 is 19.6 Å². The molecule has 1 N–H and O–H groups in total. The zero-order chi connectivity index (χ0) is 23.2. The first-order valence-electron chi connectivity index (χ1n) is 11.3. The summed E-state index contributed by atoms with van der Waals surface area (Å²) in [5, 5.41) is 9.69. The van der Waals surface area contributed by atoms with Crippen LogP contribution in [0.4, 0.5) is 11.6 Å². The van der Waals surface area contributed by atoms with Crippen molar-refractivity contribution in [2.24, 2.45) is 0 Å². The van der Waals surface area contributed by atoms with Gasteiger partial charge >= 0.3 is 5.97 Å². The number of rotatable bonds is 9. The number of hydrogen-bond donors (Lipinski definition) is 1. The molecule has 4 rings (SSSR count). The Hall–Kier alpha value is -3.61. The summed E-state index contributed by atoms with van der Waals surface area (Å²) in [6, 6.07) is 18.3. The lowest BCUT2D eigenvalue weighted by Crippen LogP contribution is -2.26. The zero-order valence-corrected chi connectivity index (χ0v) is 19.1. The minimum atomic E-state index is -0.990. The Labute approximate surface area is 194 Å². The molecule has 0 spiro atoms. The van der Waals surface area contributed by atoms with E-state index in [1.54, 1.807) is 7.11 Å². The number of para-hydroxylation sites is 2. The van der Waals surface area contributed by atoms with Crippen molar-refractivity contribution in [3.05, 3.63) is 77.6 Å². The second-order valence-electron chi connectivity index (χ2n) is 8.29. The van der Waals surface area contributed by atoms with Crippen LogP contribution in [0, 0.1) is 0 Å². The number of ether oxygens (including phenoxy) is 1. The van der Waals surface area contributed by atoms with Crippen molar-refractivity contribution in [2.75, 3.05) is 37.0 Å². The molecule has 3 aromatic rings. The minimum Gasteiger partial charge on any atom is -0.496 e. The SMILES string of the molecule is COc1ccccc1[C@@H]1CCCN1c1ncc(C(=O)O)c(CCCN(C)c2ccccc2)n1. The van der Waals surface area contributed by atoms with Crippen molar-refractivity contribution in [3.8, 4) is 5.75 Å². The van der Waals surface area contributed by atoms with Crippen molar-refractivity contribution < 1.29 is 14.6 Å². The monoisotopic (exact) mass is 446 g/mol. The topological polar surface area (TPSA) is 78.8 Å². The van der Waals surface area contributed by atoms with E-state index >= 15 is 0 Å². The lowest BCUT2D eigenvalue weighted by molar-refractivity contribution is 0.0694. The van der Waals surface area contributed by atoms with E-state index in [0.29, 0.717) is 18.1 Å². The summed E-state index contributed by atoms with van der Waals surface area (Å²) < 4.78 is 5.58. The Bertz CT molecular complexity index is 1090. The molecule has 0 bridgehead atoms. The van der Waals surface area contributed by atoms with Gasteiger partial charge in [-0.2, -0.15) is 0 Å². The second kappa shape index (κ2) is 10.3. The Morgan fingerprint density at radius 2 is 1.94 bits per heavy atom. The molecule has 7 nitrogen and oxygen atoms in total.